The quantitative estimate of drug-likeness (QED) is 0.288. The smallest absolute Gasteiger partial charge is 0.326 e. The second kappa shape index (κ2) is 17.4. The van der Waals surface area contributed by atoms with Crippen molar-refractivity contribution in [3.05, 3.63) is 0 Å². The van der Waals surface area contributed by atoms with Gasteiger partial charge in [0.25, 0.3) is 0 Å². The Kier molecular flexibility index (Phi) is 16.7. The standard InChI is InChI=1S/C22H43NO3/c1-4-6-7-8-9-10-11-12-13-14-15-16-17-18-20(24)23-21(22(25)26)19(3)5-2/h19,21H,4-18H2,1-3H3,(H,23,24)(H,25,26)/t19?,21-/m0/s1. The van der Waals surface area contributed by atoms with Gasteiger partial charge in [-0.1, -0.05) is 104 Å². The lowest BCUT2D eigenvalue weighted by molar-refractivity contribution is -0.143. The minimum Gasteiger partial charge on any atom is -0.480 e. The molecule has 0 rings (SSSR count). The Morgan fingerprint density at radius 1 is 0.769 bits per heavy atom. The van der Waals surface area contributed by atoms with Crippen LogP contribution in [-0.4, -0.2) is 23.0 Å². The fourth-order valence-electron chi connectivity index (χ4n) is 3.23. The Hall–Kier alpha value is -1.06. The number of carboxylic acids is 1. The molecule has 0 aliphatic heterocycles. The van der Waals surface area contributed by atoms with Gasteiger partial charge in [0.1, 0.15) is 6.04 Å². The van der Waals surface area contributed by atoms with Crippen LogP contribution >= 0.6 is 0 Å². The van der Waals surface area contributed by atoms with E-state index in [1.54, 1.807) is 0 Å². The molecule has 2 atom stereocenters. The number of nitrogens with one attached hydrogen (secondary N) is 1. The van der Waals surface area contributed by atoms with Crippen molar-refractivity contribution in [3.8, 4) is 0 Å². The topological polar surface area (TPSA) is 66.4 Å². The summed E-state index contributed by atoms with van der Waals surface area (Å²) in [4.78, 5) is 23.1. The normalized spacial score (nSPS) is 13.3. The van der Waals surface area contributed by atoms with Gasteiger partial charge in [-0.25, -0.2) is 4.79 Å². The van der Waals surface area contributed by atoms with E-state index in [2.05, 4.69) is 12.2 Å². The maximum absolute atomic E-state index is 11.9. The fourth-order valence-corrected chi connectivity index (χ4v) is 3.23. The van der Waals surface area contributed by atoms with Crippen molar-refractivity contribution >= 4 is 11.9 Å². The molecule has 4 nitrogen and oxygen atoms in total. The van der Waals surface area contributed by atoms with Crippen molar-refractivity contribution in [2.24, 2.45) is 5.92 Å². The molecule has 0 aromatic heterocycles. The molecule has 1 unspecified atom stereocenters. The average Bonchev–Trinajstić information content (AvgIpc) is 2.62. The number of carboxylic acid groups (broad SMARTS) is 1. The van der Waals surface area contributed by atoms with Crippen LogP contribution in [-0.2, 0) is 9.59 Å². The molecule has 0 heterocycles. The molecule has 0 aliphatic rings. The minimum atomic E-state index is -0.932. The first kappa shape index (κ1) is 24.9. The molecular weight excluding hydrogens is 326 g/mol. The zero-order valence-electron chi connectivity index (χ0n) is 17.5. The third-order valence-electron chi connectivity index (χ3n) is 5.30. The number of carbonyl (C=O) groups is 2. The lowest BCUT2D eigenvalue weighted by atomic mass is 9.99. The monoisotopic (exact) mass is 369 g/mol. The number of carbonyl (C=O) groups excluding carboxylic acids is 1. The molecule has 0 aromatic rings. The van der Waals surface area contributed by atoms with Gasteiger partial charge in [-0.2, -0.15) is 0 Å². The van der Waals surface area contributed by atoms with Gasteiger partial charge in [-0.05, 0) is 12.3 Å². The highest BCUT2D eigenvalue weighted by Crippen LogP contribution is 2.13. The van der Waals surface area contributed by atoms with Crippen LogP contribution in [0.2, 0.25) is 0 Å². The molecule has 26 heavy (non-hydrogen) atoms. The molecule has 1 amide bonds. The van der Waals surface area contributed by atoms with Gasteiger partial charge in [-0.3, -0.25) is 4.79 Å². The third-order valence-corrected chi connectivity index (χ3v) is 5.30. The van der Waals surface area contributed by atoms with Gasteiger partial charge in [0.2, 0.25) is 5.91 Å². The Labute approximate surface area is 161 Å². The highest BCUT2D eigenvalue weighted by atomic mass is 16.4. The number of amides is 1. The zero-order valence-corrected chi connectivity index (χ0v) is 17.5. The summed E-state index contributed by atoms with van der Waals surface area (Å²) >= 11 is 0. The van der Waals surface area contributed by atoms with E-state index < -0.39 is 12.0 Å². The third kappa shape index (κ3) is 14.1. The van der Waals surface area contributed by atoms with E-state index in [1.165, 1.54) is 70.6 Å². The Balaban J connectivity index is 3.49. The molecule has 0 radical (unpaired) electrons. The van der Waals surface area contributed by atoms with Crippen LogP contribution in [0.4, 0.5) is 0 Å². The van der Waals surface area contributed by atoms with E-state index in [4.69, 9.17) is 0 Å². The summed E-state index contributed by atoms with van der Waals surface area (Å²) in [5, 5.41) is 11.9. The maximum atomic E-state index is 11.9. The molecule has 0 saturated heterocycles. The maximum Gasteiger partial charge on any atom is 0.326 e. The minimum absolute atomic E-state index is 0.0388. The van der Waals surface area contributed by atoms with Crippen LogP contribution in [0.5, 0.6) is 0 Å². The van der Waals surface area contributed by atoms with Crippen LogP contribution in [0.3, 0.4) is 0 Å². The van der Waals surface area contributed by atoms with E-state index in [0.717, 1.165) is 19.3 Å². The molecular formula is C22H43NO3. The van der Waals surface area contributed by atoms with E-state index >= 15 is 0 Å². The second-order valence-corrected chi connectivity index (χ2v) is 7.76. The van der Waals surface area contributed by atoms with Gasteiger partial charge in [-0.15, -0.1) is 0 Å². The number of aliphatic carboxylic acids is 1. The van der Waals surface area contributed by atoms with E-state index in [1.807, 2.05) is 13.8 Å². The second-order valence-electron chi connectivity index (χ2n) is 7.76. The Bertz CT molecular complexity index is 357. The van der Waals surface area contributed by atoms with Gasteiger partial charge in [0.05, 0.1) is 0 Å². The first-order valence-corrected chi connectivity index (χ1v) is 11.0. The summed E-state index contributed by atoms with van der Waals surface area (Å²) < 4.78 is 0. The van der Waals surface area contributed by atoms with E-state index in [9.17, 15) is 14.7 Å². The summed E-state index contributed by atoms with van der Waals surface area (Å²) in [6.45, 7) is 6.07. The van der Waals surface area contributed by atoms with Gasteiger partial charge < -0.3 is 10.4 Å². The van der Waals surface area contributed by atoms with Crippen LogP contribution in [0.1, 0.15) is 117 Å². The van der Waals surface area contributed by atoms with Crippen molar-refractivity contribution in [3.63, 3.8) is 0 Å². The predicted octanol–water partition coefficient (Wildman–Crippen LogP) is 6.08. The Morgan fingerprint density at radius 2 is 1.19 bits per heavy atom. The Morgan fingerprint density at radius 3 is 1.58 bits per heavy atom. The number of hydrogen-bond donors (Lipinski definition) is 2. The number of hydrogen-bond acceptors (Lipinski definition) is 2. The lowest BCUT2D eigenvalue weighted by Crippen LogP contribution is -2.44. The van der Waals surface area contributed by atoms with Crippen LogP contribution in [0.15, 0.2) is 0 Å². The predicted molar refractivity (Wildman–Crippen MR) is 109 cm³/mol. The molecule has 154 valence electrons. The SMILES string of the molecule is CCCCCCCCCCCCCCCC(=O)N[C@H](C(=O)O)C(C)CC. The first-order valence-electron chi connectivity index (χ1n) is 11.0. The molecule has 0 aliphatic carbocycles. The molecule has 0 saturated carbocycles. The van der Waals surface area contributed by atoms with Crippen LogP contribution < -0.4 is 5.32 Å². The summed E-state index contributed by atoms with van der Waals surface area (Å²) in [6.07, 6.45) is 17.8. The zero-order chi connectivity index (χ0) is 19.6. The average molecular weight is 370 g/mol. The van der Waals surface area contributed by atoms with Crippen molar-refractivity contribution in [2.75, 3.05) is 0 Å². The van der Waals surface area contributed by atoms with Crippen molar-refractivity contribution in [1.29, 1.82) is 0 Å². The first-order chi connectivity index (χ1) is 12.5. The number of unbranched alkanes of at least 4 members (excludes halogenated alkanes) is 12. The molecule has 0 spiro atoms. The molecule has 2 N–H and O–H groups in total. The molecule has 0 aromatic carbocycles. The van der Waals surface area contributed by atoms with E-state index in [-0.39, 0.29) is 11.8 Å². The van der Waals surface area contributed by atoms with Crippen molar-refractivity contribution < 1.29 is 14.7 Å². The van der Waals surface area contributed by atoms with Gasteiger partial charge in [0, 0.05) is 6.42 Å². The van der Waals surface area contributed by atoms with Gasteiger partial charge in [0.15, 0.2) is 0 Å². The largest absolute Gasteiger partial charge is 0.480 e. The molecule has 0 fully saturated rings. The van der Waals surface area contributed by atoms with Crippen molar-refractivity contribution in [2.45, 2.75) is 123 Å². The summed E-state index contributed by atoms with van der Waals surface area (Å²) in [6, 6.07) is -0.755. The van der Waals surface area contributed by atoms with E-state index in [0.29, 0.717) is 6.42 Å². The summed E-state index contributed by atoms with van der Waals surface area (Å²) in [7, 11) is 0. The summed E-state index contributed by atoms with van der Waals surface area (Å²) in [5.74, 6) is -1.10. The summed E-state index contributed by atoms with van der Waals surface area (Å²) in [5.41, 5.74) is 0. The lowest BCUT2D eigenvalue weighted by Gasteiger charge is -2.20. The molecule has 0 bridgehead atoms. The number of rotatable bonds is 18. The molecule has 4 heteroatoms. The van der Waals surface area contributed by atoms with Gasteiger partial charge >= 0.3 is 5.97 Å². The van der Waals surface area contributed by atoms with Crippen LogP contribution in [0, 0.1) is 5.92 Å². The van der Waals surface area contributed by atoms with Crippen molar-refractivity contribution in [1.82, 2.24) is 5.32 Å². The highest BCUT2D eigenvalue weighted by Gasteiger charge is 2.24. The highest BCUT2D eigenvalue weighted by molar-refractivity contribution is 5.83. The fraction of sp³-hybridized carbons (Fsp3) is 0.909. The van der Waals surface area contributed by atoms with Crippen LogP contribution in [0.25, 0.3) is 0 Å².